The third kappa shape index (κ3) is 4.79. The molecule has 34 heavy (non-hydrogen) atoms. The number of anilines is 1. The van der Waals surface area contributed by atoms with Crippen LogP contribution in [0, 0.1) is 5.92 Å². The monoisotopic (exact) mass is 458 g/mol. The Kier molecular flexibility index (Phi) is 6.92. The average molecular weight is 459 g/mol. The molecule has 0 saturated heterocycles. The molecule has 178 valence electrons. The molecule has 0 spiro atoms. The smallest absolute Gasteiger partial charge is 0.336 e. The van der Waals surface area contributed by atoms with Crippen LogP contribution in [0.5, 0.6) is 0 Å². The second-order valence-corrected chi connectivity index (χ2v) is 9.91. The summed E-state index contributed by atoms with van der Waals surface area (Å²) in [7, 11) is 3.99. The van der Waals surface area contributed by atoms with Crippen molar-refractivity contribution in [3.05, 3.63) is 88.3 Å². The number of carbonyl (C=O) groups is 2. The van der Waals surface area contributed by atoms with Crippen LogP contribution >= 0.6 is 0 Å². The molecule has 5 heteroatoms. The number of ether oxygens (including phenoxy) is 1. The van der Waals surface area contributed by atoms with E-state index in [4.69, 9.17) is 4.74 Å². The van der Waals surface area contributed by atoms with E-state index in [0.29, 0.717) is 24.2 Å². The minimum Gasteiger partial charge on any atom is -0.462 e. The molecule has 1 aliphatic carbocycles. The summed E-state index contributed by atoms with van der Waals surface area (Å²) in [5.41, 5.74) is 6.08. The lowest BCUT2D eigenvalue weighted by Gasteiger charge is -2.37. The molecule has 2 aromatic carbocycles. The van der Waals surface area contributed by atoms with E-state index in [1.54, 1.807) is 0 Å². The number of carbonyl (C=O) groups excluding carboxylic acids is 2. The SMILES string of the molecule is CC1=C(C(=O)OCC(C)C)[C@@H](c2ccc(N(C)C)cc2)C2=C(C[C@@H](c3ccccc3)CC2=O)N1. The Bertz CT molecular complexity index is 1130. The van der Waals surface area contributed by atoms with Gasteiger partial charge in [-0.3, -0.25) is 4.79 Å². The summed E-state index contributed by atoms with van der Waals surface area (Å²) in [5.74, 6) is -0.344. The van der Waals surface area contributed by atoms with Gasteiger partial charge in [-0.2, -0.15) is 0 Å². The van der Waals surface area contributed by atoms with Crippen LogP contribution < -0.4 is 10.2 Å². The van der Waals surface area contributed by atoms with E-state index in [2.05, 4.69) is 17.4 Å². The normalized spacial score (nSPS) is 20.2. The molecule has 0 amide bonds. The zero-order chi connectivity index (χ0) is 24.4. The van der Waals surface area contributed by atoms with E-state index in [-0.39, 0.29) is 23.6 Å². The average Bonchev–Trinajstić information content (AvgIpc) is 2.82. The first kappa shape index (κ1) is 23.8. The summed E-state index contributed by atoms with van der Waals surface area (Å²) in [5, 5.41) is 3.43. The van der Waals surface area contributed by atoms with Gasteiger partial charge in [0.25, 0.3) is 0 Å². The van der Waals surface area contributed by atoms with Crippen molar-refractivity contribution in [3.8, 4) is 0 Å². The third-order valence-corrected chi connectivity index (χ3v) is 6.61. The zero-order valence-electron chi connectivity index (χ0n) is 20.7. The highest BCUT2D eigenvalue weighted by atomic mass is 16.5. The van der Waals surface area contributed by atoms with Crippen molar-refractivity contribution in [1.29, 1.82) is 0 Å². The molecule has 0 radical (unpaired) electrons. The van der Waals surface area contributed by atoms with Gasteiger partial charge in [0, 0.05) is 49.1 Å². The van der Waals surface area contributed by atoms with Gasteiger partial charge in [0.05, 0.1) is 12.2 Å². The maximum Gasteiger partial charge on any atom is 0.336 e. The lowest BCUT2D eigenvalue weighted by atomic mass is 9.71. The van der Waals surface area contributed by atoms with Gasteiger partial charge in [0.1, 0.15) is 0 Å². The van der Waals surface area contributed by atoms with Gasteiger partial charge in [-0.15, -0.1) is 0 Å². The van der Waals surface area contributed by atoms with Crippen molar-refractivity contribution < 1.29 is 14.3 Å². The molecule has 2 aromatic rings. The number of rotatable bonds is 6. The second-order valence-electron chi connectivity index (χ2n) is 9.91. The number of ketones is 1. The summed E-state index contributed by atoms with van der Waals surface area (Å²) in [6, 6.07) is 18.3. The summed E-state index contributed by atoms with van der Waals surface area (Å²) in [6.07, 6.45) is 1.17. The first-order valence-corrected chi connectivity index (χ1v) is 12.0. The van der Waals surface area contributed by atoms with E-state index in [1.807, 2.05) is 82.2 Å². The highest BCUT2D eigenvalue weighted by Crippen LogP contribution is 2.45. The van der Waals surface area contributed by atoms with Crippen LogP contribution in [-0.4, -0.2) is 32.5 Å². The van der Waals surface area contributed by atoms with Crippen LogP contribution in [-0.2, 0) is 14.3 Å². The number of hydrogen-bond acceptors (Lipinski definition) is 5. The predicted molar refractivity (Wildman–Crippen MR) is 136 cm³/mol. The van der Waals surface area contributed by atoms with Gasteiger partial charge in [-0.05, 0) is 48.4 Å². The Labute approximate surface area is 202 Å². The molecule has 1 heterocycles. The van der Waals surface area contributed by atoms with E-state index >= 15 is 0 Å². The maximum atomic E-state index is 13.6. The highest BCUT2D eigenvalue weighted by molar-refractivity contribution is 6.04. The first-order chi connectivity index (χ1) is 16.3. The molecule has 5 nitrogen and oxygen atoms in total. The Morgan fingerprint density at radius 1 is 1.03 bits per heavy atom. The highest BCUT2D eigenvalue weighted by Gasteiger charge is 2.41. The van der Waals surface area contributed by atoms with Crippen LogP contribution in [0.2, 0.25) is 0 Å². The van der Waals surface area contributed by atoms with Crippen molar-refractivity contribution >= 4 is 17.4 Å². The molecule has 0 saturated carbocycles. The quantitative estimate of drug-likeness (QED) is 0.594. The Morgan fingerprint density at radius 2 is 1.71 bits per heavy atom. The van der Waals surface area contributed by atoms with Crippen LogP contribution in [0.4, 0.5) is 5.69 Å². The molecule has 0 aromatic heterocycles. The Hall–Kier alpha value is -3.34. The van der Waals surface area contributed by atoms with Crippen LogP contribution in [0.15, 0.2) is 77.1 Å². The van der Waals surface area contributed by atoms with E-state index in [0.717, 1.165) is 29.1 Å². The summed E-state index contributed by atoms with van der Waals surface area (Å²) >= 11 is 0. The summed E-state index contributed by atoms with van der Waals surface area (Å²) in [4.78, 5) is 28.9. The van der Waals surface area contributed by atoms with E-state index in [1.165, 1.54) is 5.56 Å². The van der Waals surface area contributed by atoms with Gasteiger partial charge in [-0.25, -0.2) is 4.79 Å². The molecule has 0 fully saturated rings. The maximum absolute atomic E-state index is 13.6. The molecule has 1 aliphatic heterocycles. The van der Waals surface area contributed by atoms with Crippen molar-refractivity contribution in [3.63, 3.8) is 0 Å². The topological polar surface area (TPSA) is 58.6 Å². The zero-order valence-corrected chi connectivity index (χ0v) is 20.7. The summed E-state index contributed by atoms with van der Waals surface area (Å²) < 4.78 is 5.65. The molecule has 2 aliphatic rings. The lowest BCUT2D eigenvalue weighted by molar-refractivity contribution is -0.140. The van der Waals surface area contributed by atoms with Crippen molar-refractivity contribution in [2.75, 3.05) is 25.6 Å². The summed E-state index contributed by atoms with van der Waals surface area (Å²) in [6.45, 7) is 6.28. The van der Waals surface area contributed by atoms with Gasteiger partial charge in [-0.1, -0.05) is 56.3 Å². The number of nitrogens with one attached hydrogen (secondary N) is 1. The fourth-order valence-electron chi connectivity index (χ4n) is 4.89. The van der Waals surface area contributed by atoms with Crippen molar-refractivity contribution in [2.45, 2.75) is 45.4 Å². The van der Waals surface area contributed by atoms with Crippen LogP contribution in [0.1, 0.15) is 56.6 Å². The first-order valence-electron chi connectivity index (χ1n) is 12.0. The van der Waals surface area contributed by atoms with Crippen molar-refractivity contribution in [1.82, 2.24) is 5.32 Å². The number of hydrogen-bond donors (Lipinski definition) is 1. The van der Waals surface area contributed by atoms with E-state index < -0.39 is 5.92 Å². The molecular formula is C29H34N2O3. The standard InChI is InChI=1S/C29H34N2O3/c1-18(2)17-34-29(33)26-19(3)30-24-15-22(20-9-7-6-8-10-20)16-25(32)28(24)27(26)21-11-13-23(14-12-21)31(4)5/h6-14,18,22,27,30H,15-17H2,1-5H3/t22-,27-/m1/s1. The fraction of sp³-hybridized carbons (Fsp3) is 0.379. The third-order valence-electron chi connectivity index (χ3n) is 6.61. The lowest BCUT2D eigenvalue weighted by Crippen LogP contribution is -2.36. The minimum atomic E-state index is -0.434. The Balaban J connectivity index is 1.76. The molecule has 1 N–H and O–H groups in total. The van der Waals surface area contributed by atoms with Crippen LogP contribution in [0.25, 0.3) is 0 Å². The largest absolute Gasteiger partial charge is 0.462 e. The number of allylic oxidation sites excluding steroid dienone is 3. The van der Waals surface area contributed by atoms with Crippen molar-refractivity contribution in [2.24, 2.45) is 5.92 Å². The molecule has 0 bridgehead atoms. The molecule has 0 unspecified atom stereocenters. The van der Waals surface area contributed by atoms with Gasteiger partial charge in [0.2, 0.25) is 0 Å². The van der Waals surface area contributed by atoms with E-state index in [9.17, 15) is 9.59 Å². The fourth-order valence-corrected chi connectivity index (χ4v) is 4.89. The molecular weight excluding hydrogens is 424 g/mol. The minimum absolute atomic E-state index is 0.0888. The van der Waals surface area contributed by atoms with Gasteiger partial charge < -0.3 is 15.0 Å². The number of nitrogens with zero attached hydrogens (tertiary/aromatic N) is 1. The van der Waals surface area contributed by atoms with Gasteiger partial charge >= 0.3 is 5.97 Å². The number of dihydropyridines is 1. The number of benzene rings is 2. The predicted octanol–water partition coefficient (Wildman–Crippen LogP) is 5.31. The molecule has 2 atom stereocenters. The number of Topliss-reactive ketones (excluding diaryl/α,β-unsaturated/α-hetero) is 1. The van der Waals surface area contributed by atoms with Gasteiger partial charge in [0.15, 0.2) is 5.78 Å². The Morgan fingerprint density at radius 3 is 2.32 bits per heavy atom. The second kappa shape index (κ2) is 9.88. The number of esters is 1. The van der Waals surface area contributed by atoms with Crippen LogP contribution in [0.3, 0.4) is 0 Å². The molecule has 4 rings (SSSR count).